The van der Waals surface area contributed by atoms with Crippen LogP contribution in [0.2, 0.25) is 0 Å². The average Bonchev–Trinajstić information content (AvgIpc) is 2.74. The van der Waals surface area contributed by atoms with Crippen LogP contribution in [-0.4, -0.2) is 33.1 Å². The first-order valence-corrected chi connectivity index (χ1v) is 8.71. The molecule has 1 unspecified atom stereocenters. The molecule has 0 spiro atoms. The largest absolute Gasteiger partial charge is 0.392 e. The monoisotopic (exact) mass is 320 g/mol. The molecule has 0 bridgehead atoms. The highest BCUT2D eigenvalue weighted by atomic mass is 16.3. The van der Waals surface area contributed by atoms with E-state index in [-0.39, 0.29) is 11.8 Å². The highest BCUT2D eigenvalue weighted by molar-refractivity contribution is 5.26. The third-order valence-electron chi connectivity index (χ3n) is 5.72. The lowest BCUT2D eigenvalue weighted by atomic mass is 9.73. The van der Waals surface area contributed by atoms with Crippen LogP contribution in [0.4, 0.5) is 0 Å². The van der Waals surface area contributed by atoms with Crippen molar-refractivity contribution in [3.05, 3.63) is 35.5 Å². The lowest BCUT2D eigenvalue weighted by Gasteiger charge is -2.40. The van der Waals surface area contributed by atoms with Gasteiger partial charge in [0.1, 0.15) is 0 Å². The molecule has 3 N–H and O–H groups in total. The Labute approximate surface area is 140 Å². The van der Waals surface area contributed by atoms with Gasteiger partial charge in [0.2, 0.25) is 0 Å². The number of hydrogen-bond acceptors (Lipinski definition) is 3. The second kappa shape index (κ2) is 6.92. The number of fused-ring (bicyclic) bond motifs is 1. The predicted molar refractivity (Wildman–Crippen MR) is 93.9 cm³/mol. The van der Waals surface area contributed by atoms with Crippen LogP contribution in [0.5, 0.6) is 0 Å². The fourth-order valence-electron chi connectivity index (χ4n) is 4.44. The molecule has 0 aromatic heterocycles. The highest BCUT2D eigenvalue weighted by Gasteiger charge is 2.50. The summed E-state index contributed by atoms with van der Waals surface area (Å²) in [5, 5.41) is 32.7. The van der Waals surface area contributed by atoms with Crippen LogP contribution in [0.15, 0.2) is 35.5 Å². The fraction of sp³-hybridized carbons (Fsp3) is 0.700. The summed E-state index contributed by atoms with van der Waals surface area (Å²) in [5.41, 5.74) is 2.26. The Hall–Kier alpha value is -0.900. The molecule has 2 aliphatic carbocycles. The zero-order chi connectivity index (χ0) is 17.4. The van der Waals surface area contributed by atoms with Crippen LogP contribution in [0.1, 0.15) is 53.4 Å². The SMILES string of the molecule is C=C1C[C@@H](O)[C@@H](C(C)(O)CCC=C(C)C)[C@@H](O)[C@@H]2C(C)=CC[C@@H]12. The van der Waals surface area contributed by atoms with Crippen LogP contribution in [0.3, 0.4) is 0 Å². The molecule has 2 aliphatic rings. The molecule has 0 aromatic rings. The van der Waals surface area contributed by atoms with Gasteiger partial charge in [0.15, 0.2) is 0 Å². The molecule has 0 aromatic carbocycles. The minimum absolute atomic E-state index is 0.0282. The third kappa shape index (κ3) is 3.78. The van der Waals surface area contributed by atoms with E-state index in [0.29, 0.717) is 12.8 Å². The molecule has 0 amide bonds. The van der Waals surface area contributed by atoms with Gasteiger partial charge in [-0.3, -0.25) is 0 Å². The Morgan fingerprint density at radius 3 is 2.65 bits per heavy atom. The summed E-state index contributed by atoms with van der Waals surface area (Å²) in [6.07, 6.45) is 5.38. The highest BCUT2D eigenvalue weighted by Crippen LogP contribution is 2.48. The number of aliphatic hydroxyl groups is 3. The van der Waals surface area contributed by atoms with E-state index < -0.39 is 23.7 Å². The van der Waals surface area contributed by atoms with Crippen molar-refractivity contribution < 1.29 is 15.3 Å². The number of hydrogen-bond donors (Lipinski definition) is 3. The second-order valence-electron chi connectivity index (χ2n) is 7.94. The number of allylic oxidation sites excluding steroid dienone is 3. The molecular formula is C20H32O3. The zero-order valence-electron chi connectivity index (χ0n) is 14.9. The Morgan fingerprint density at radius 1 is 1.39 bits per heavy atom. The standard InChI is InChI=1S/C20H32O3/c1-12(2)7-6-10-20(5,23)18-16(21)11-14(4)15-9-8-13(3)17(15)19(18)22/h7-8,15-19,21-23H,4,6,9-11H2,1-3,5H3/t15-,16+,17+,18+,19-,20?/m0/s1. The van der Waals surface area contributed by atoms with Gasteiger partial charge in [-0.1, -0.05) is 35.5 Å². The van der Waals surface area contributed by atoms with Gasteiger partial charge < -0.3 is 15.3 Å². The number of rotatable bonds is 4. The molecule has 0 saturated heterocycles. The Kier molecular flexibility index (Phi) is 5.55. The third-order valence-corrected chi connectivity index (χ3v) is 5.72. The van der Waals surface area contributed by atoms with Gasteiger partial charge >= 0.3 is 0 Å². The summed E-state index contributed by atoms with van der Waals surface area (Å²) >= 11 is 0. The molecule has 130 valence electrons. The van der Waals surface area contributed by atoms with Crippen LogP contribution in [-0.2, 0) is 0 Å². The molecule has 2 rings (SSSR count). The van der Waals surface area contributed by atoms with E-state index in [1.807, 2.05) is 20.8 Å². The van der Waals surface area contributed by atoms with Crippen molar-refractivity contribution in [2.75, 3.05) is 0 Å². The minimum atomic E-state index is -1.11. The van der Waals surface area contributed by atoms with E-state index in [0.717, 1.165) is 24.0 Å². The molecular weight excluding hydrogens is 288 g/mol. The van der Waals surface area contributed by atoms with Crippen molar-refractivity contribution >= 4 is 0 Å². The maximum absolute atomic E-state index is 11.0. The fourth-order valence-corrected chi connectivity index (χ4v) is 4.44. The molecule has 1 fully saturated rings. The van der Waals surface area contributed by atoms with Crippen molar-refractivity contribution in [3.63, 3.8) is 0 Å². The lowest BCUT2D eigenvalue weighted by molar-refractivity contribution is -0.121. The Bertz CT molecular complexity index is 511. The molecule has 0 heterocycles. The van der Waals surface area contributed by atoms with E-state index >= 15 is 0 Å². The van der Waals surface area contributed by atoms with Gasteiger partial charge in [0, 0.05) is 11.8 Å². The first kappa shape index (κ1) is 18.4. The maximum Gasteiger partial charge on any atom is 0.0700 e. The normalized spacial score (nSPS) is 36.7. The summed E-state index contributed by atoms with van der Waals surface area (Å²) in [6.45, 7) is 12.0. The van der Waals surface area contributed by atoms with Gasteiger partial charge in [-0.15, -0.1) is 0 Å². The predicted octanol–water partition coefficient (Wildman–Crippen LogP) is 3.36. The van der Waals surface area contributed by atoms with Crippen LogP contribution in [0.25, 0.3) is 0 Å². The molecule has 3 heteroatoms. The van der Waals surface area contributed by atoms with Crippen LogP contribution in [0, 0.1) is 17.8 Å². The van der Waals surface area contributed by atoms with Gasteiger partial charge in [0.05, 0.1) is 17.8 Å². The summed E-state index contributed by atoms with van der Waals surface area (Å²) in [4.78, 5) is 0. The van der Waals surface area contributed by atoms with Crippen molar-refractivity contribution in [1.29, 1.82) is 0 Å². The van der Waals surface area contributed by atoms with E-state index in [9.17, 15) is 15.3 Å². The van der Waals surface area contributed by atoms with E-state index in [1.165, 1.54) is 5.57 Å². The summed E-state index contributed by atoms with van der Waals surface area (Å²) in [6, 6.07) is 0. The van der Waals surface area contributed by atoms with Crippen molar-refractivity contribution in [2.24, 2.45) is 17.8 Å². The van der Waals surface area contributed by atoms with E-state index in [1.54, 1.807) is 6.92 Å². The summed E-state index contributed by atoms with van der Waals surface area (Å²) in [7, 11) is 0. The maximum atomic E-state index is 11.0. The van der Waals surface area contributed by atoms with Gasteiger partial charge in [-0.05, 0) is 59.3 Å². The lowest BCUT2D eigenvalue weighted by Crippen LogP contribution is -2.50. The Balaban J connectivity index is 2.26. The topological polar surface area (TPSA) is 60.7 Å². The number of aliphatic hydroxyl groups excluding tert-OH is 2. The van der Waals surface area contributed by atoms with Crippen molar-refractivity contribution in [2.45, 2.75) is 71.2 Å². The van der Waals surface area contributed by atoms with Crippen molar-refractivity contribution in [3.8, 4) is 0 Å². The Morgan fingerprint density at radius 2 is 2.04 bits per heavy atom. The molecule has 6 atom stereocenters. The molecule has 23 heavy (non-hydrogen) atoms. The smallest absolute Gasteiger partial charge is 0.0700 e. The minimum Gasteiger partial charge on any atom is -0.392 e. The van der Waals surface area contributed by atoms with E-state index in [4.69, 9.17) is 0 Å². The molecule has 1 saturated carbocycles. The first-order chi connectivity index (χ1) is 10.6. The van der Waals surface area contributed by atoms with E-state index in [2.05, 4.69) is 18.7 Å². The van der Waals surface area contributed by atoms with Crippen LogP contribution >= 0.6 is 0 Å². The van der Waals surface area contributed by atoms with Gasteiger partial charge in [-0.25, -0.2) is 0 Å². The van der Waals surface area contributed by atoms with Crippen LogP contribution < -0.4 is 0 Å². The zero-order valence-corrected chi connectivity index (χ0v) is 14.9. The molecule has 0 aliphatic heterocycles. The second-order valence-corrected chi connectivity index (χ2v) is 7.94. The quantitative estimate of drug-likeness (QED) is 0.696. The first-order valence-electron chi connectivity index (χ1n) is 8.71. The molecule has 0 radical (unpaired) electrons. The van der Waals surface area contributed by atoms with Gasteiger partial charge in [-0.2, -0.15) is 0 Å². The van der Waals surface area contributed by atoms with Crippen molar-refractivity contribution in [1.82, 2.24) is 0 Å². The summed E-state index contributed by atoms with van der Waals surface area (Å²) in [5.74, 6) is -0.390. The van der Waals surface area contributed by atoms with Gasteiger partial charge in [0.25, 0.3) is 0 Å². The summed E-state index contributed by atoms with van der Waals surface area (Å²) < 4.78 is 0. The molecule has 3 nitrogen and oxygen atoms in total. The average molecular weight is 320 g/mol.